The van der Waals surface area contributed by atoms with Crippen LogP contribution in [0.2, 0.25) is 0 Å². The average Bonchev–Trinajstić information content (AvgIpc) is 1.76. The van der Waals surface area contributed by atoms with Crippen LogP contribution < -0.4 is 0 Å². The molecule has 0 spiro atoms. The van der Waals surface area contributed by atoms with Crippen LogP contribution in [0.25, 0.3) is 0 Å². The van der Waals surface area contributed by atoms with E-state index in [1.54, 1.807) is 0 Å². The van der Waals surface area contributed by atoms with Gasteiger partial charge in [0.1, 0.15) is 11.5 Å². The SMILES string of the molecule is CS(=O)(=O)CC#CCS(C)(=O)=O. The first-order valence-corrected chi connectivity index (χ1v) is 7.14. The van der Waals surface area contributed by atoms with Crippen molar-refractivity contribution in [3.05, 3.63) is 0 Å². The van der Waals surface area contributed by atoms with Crippen LogP contribution in [0, 0.1) is 11.8 Å². The summed E-state index contributed by atoms with van der Waals surface area (Å²) in [6, 6.07) is 0. The van der Waals surface area contributed by atoms with Gasteiger partial charge in [-0.25, -0.2) is 16.8 Å². The van der Waals surface area contributed by atoms with Crippen LogP contribution in [0.3, 0.4) is 0 Å². The summed E-state index contributed by atoms with van der Waals surface area (Å²) in [7, 11) is -6.22. The topological polar surface area (TPSA) is 68.3 Å². The van der Waals surface area contributed by atoms with Crippen LogP contribution in [0.1, 0.15) is 0 Å². The highest BCUT2D eigenvalue weighted by molar-refractivity contribution is 7.91. The lowest BCUT2D eigenvalue weighted by Gasteiger charge is -1.86. The molecule has 12 heavy (non-hydrogen) atoms. The summed E-state index contributed by atoms with van der Waals surface area (Å²) in [5.74, 6) is 3.95. The fourth-order valence-corrected chi connectivity index (χ4v) is 1.09. The van der Waals surface area contributed by atoms with E-state index in [0.717, 1.165) is 12.5 Å². The standard InChI is InChI=1S/C6H10O4S2/c1-11(7,8)5-3-4-6-12(2,9)10/h5-6H2,1-2H3. The Bertz CT molecular complexity index is 353. The minimum atomic E-state index is -3.11. The molecule has 0 amide bonds. The molecule has 0 radical (unpaired) electrons. The van der Waals surface area contributed by atoms with E-state index < -0.39 is 19.7 Å². The zero-order valence-electron chi connectivity index (χ0n) is 6.86. The summed E-state index contributed by atoms with van der Waals surface area (Å²) in [5, 5.41) is 0. The Morgan fingerprint density at radius 1 is 0.833 bits per heavy atom. The molecule has 0 bridgehead atoms. The van der Waals surface area contributed by atoms with Crippen molar-refractivity contribution in [2.24, 2.45) is 0 Å². The number of rotatable bonds is 2. The zero-order chi connectivity index (χ0) is 9.83. The van der Waals surface area contributed by atoms with Gasteiger partial charge in [-0.1, -0.05) is 11.8 Å². The summed E-state index contributed by atoms with van der Waals surface area (Å²) >= 11 is 0. The van der Waals surface area contributed by atoms with Crippen LogP contribution in [0.15, 0.2) is 0 Å². The maximum absolute atomic E-state index is 10.5. The highest BCUT2D eigenvalue weighted by atomic mass is 32.2. The molecule has 0 aliphatic heterocycles. The summed E-state index contributed by atoms with van der Waals surface area (Å²) in [6.07, 6.45) is 2.09. The van der Waals surface area contributed by atoms with E-state index in [-0.39, 0.29) is 11.5 Å². The van der Waals surface area contributed by atoms with Gasteiger partial charge in [0.15, 0.2) is 19.7 Å². The van der Waals surface area contributed by atoms with Crippen molar-refractivity contribution in [3.8, 4) is 11.8 Å². The van der Waals surface area contributed by atoms with E-state index >= 15 is 0 Å². The van der Waals surface area contributed by atoms with Gasteiger partial charge in [0, 0.05) is 12.5 Å². The second kappa shape index (κ2) is 3.92. The van der Waals surface area contributed by atoms with Crippen molar-refractivity contribution in [3.63, 3.8) is 0 Å². The van der Waals surface area contributed by atoms with Crippen molar-refractivity contribution in [2.45, 2.75) is 0 Å². The van der Waals surface area contributed by atoms with Crippen LogP contribution in [-0.2, 0) is 19.7 Å². The van der Waals surface area contributed by atoms with Gasteiger partial charge in [-0.15, -0.1) is 0 Å². The smallest absolute Gasteiger partial charge is 0.158 e. The Balaban J connectivity index is 4.12. The molecule has 0 saturated heterocycles. The Hall–Kier alpha value is -0.540. The third kappa shape index (κ3) is 9.46. The van der Waals surface area contributed by atoms with E-state index in [2.05, 4.69) is 11.8 Å². The van der Waals surface area contributed by atoms with E-state index in [4.69, 9.17) is 0 Å². The van der Waals surface area contributed by atoms with Crippen molar-refractivity contribution >= 4 is 19.7 Å². The van der Waals surface area contributed by atoms with Crippen molar-refractivity contribution < 1.29 is 16.8 Å². The largest absolute Gasteiger partial charge is 0.228 e. The van der Waals surface area contributed by atoms with E-state index in [9.17, 15) is 16.8 Å². The Labute approximate surface area is 72.8 Å². The molecule has 0 N–H and O–H groups in total. The molecule has 4 nitrogen and oxygen atoms in total. The van der Waals surface area contributed by atoms with Crippen LogP contribution in [0.4, 0.5) is 0 Å². The predicted molar refractivity (Wildman–Crippen MR) is 47.2 cm³/mol. The van der Waals surface area contributed by atoms with Crippen LogP contribution in [-0.4, -0.2) is 40.9 Å². The Kier molecular flexibility index (Phi) is 3.74. The van der Waals surface area contributed by atoms with Gasteiger partial charge in [-0.3, -0.25) is 0 Å². The molecule has 6 heteroatoms. The minimum Gasteiger partial charge on any atom is -0.228 e. The average molecular weight is 210 g/mol. The summed E-state index contributed by atoms with van der Waals surface area (Å²) in [5.41, 5.74) is 0. The molecule has 0 aliphatic carbocycles. The van der Waals surface area contributed by atoms with Gasteiger partial charge in [-0.2, -0.15) is 0 Å². The number of hydrogen-bond donors (Lipinski definition) is 0. The molecule has 0 aliphatic rings. The van der Waals surface area contributed by atoms with Gasteiger partial charge in [-0.05, 0) is 0 Å². The van der Waals surface area contributed by atoms with Gasteiger partial charge in [0.25, 0.3) is 0 Å². The third-order valence-electron chi connectivity index (χ3n) is 0.794. The zero-order valence-corrected chi connectivity index (χ0v) is 8.50. The molecule has 0 saturated carbocycles. The molecule has 0 aromatic heterocycles. The third-order valence-corrected chi connectivity index (χ3v) is 2.13. The molecular weight excluding hydrogens is 200 g/mol. The quantitative estimate of drug-likeness (QED) is 0.553. The molecule has 0 heterocycles. The first-order valence-electron chi connectivity index (χ1n) is 3.02. The first kappa shape index (κ1) is 11.5. The highest BCUT2D eigenvalue weighted by Crippen LogP contribution is 1.81. The van der Waals surface area contributed by atoms with Gasteiger partial charge in [0.05, 0.1) is 0 Å². The molecule has 70 valence electrons. The molecule has 0 rings (SSSR count). The lowest BCUT2D eigenvalue weighted by molar-refractivity contribution is 0.603. The van der Waals surface area contributed by atoms with E-state index in [1.165, 1.54) is 0 Å². The number of hydrogen-bond acceptors (Lipinski definition) is 4. The highest BCUT2D eigenvalue weighted by Gasteiger charge is 1.98. The molecule has 0 unspecified atom stereocenters. The van der Waals surface area contributed by atoms with Crippen LogP contribution >= 0.6 is 0 Å². The second-order valence-corrected chi connectivity index (χ2v) is 6.77. The lowest BCUT2D eigenvalue weighted by Crippen LogP contribution is -2.02. The molecule has 0 aromatic rings. The summed E-state index contributed by atoms with van der Waals surface area (Å²) < 4.78 is 42.0. The maximum atomic E-state index is 10.5. The molecule has 0 fully saturated rings. The molecule has 0 aromatic carbocycles. The van der Waals surface area contributed by atoms with Crippen LogP contribution in [0.5, 0.6) is 0 Å². The second-order valence-electron chi connectivity index (χ2n) is 2.49. The Morgan fingerprint density at radius 2 is 1.08 bits per heavy atom. The normalized spacial score (nSPS) is 11.8. The fourth-order valence-electron chi connectivity index (χ4n) is 0.364. The van der Waals surface area contributed by atoms with E-state index in [0.29, 0.717) is 0 Å². The minimum absolute atomic E-state index is 0.289. The van der Waals surface area contributed by atoms with Crippen molar-refractivity contribution in [1.29, 1.82) is 0 Å². The lowest BCUT2D eigenvalue weighted by atomic mass is 10.7. The monoisotopic (exact) mass is 210 g/mol. The van der Waals surface area contributed by atoms with Crippen molar-refractivity contribution in [2.75, 3.05) is 24.0 Å². The van der Waals surface area contributed by atoms with Gasteiger partial charge >= 0.3 is 0 Å². The van der Waals surface area contributed by atoms with E-state index in [1.807, 2.05) is 0 Å². The Morgan fingerprint density at radius 3 is 1.25 bits per heavy atom. The predicted octanol–water partition coefficient (Wildman–Crippen LogP) is -0.921. The summed E-state index contributed by atoms with van der Waals surface area (Å²) in [4.78, 5) is 0. The first-order chi connectivity index (χ1) is 5.21. The molecular formula is C6H10O4S2. The van der Waals surface area contributed by atoms with Crippen molar-refractivity contribution in [1.82, 2.24) is 0 Å². The maximum Gasteiger partial charge on any atom is 0.158 e. The summed E-state index contributed by atoms with van der Waals surface area (Å²) in [6.45, 7) is 0. The molecule has 0 atom stereocenters. The fraction of sp³-hybridized carbons (Fsp3) is 0.667. The van der Waals surface area contributed by atoms with Gasteiger partial charge in [0.2, 0.25) is 0 Å². The van der Waals surface area contributed by atoms with Gasteiger partial charge < -0.3 is 0 Å². The number of sulfone groups is 2.